The van der Waals surface area contributed by atoms with Crippen LogP contribution in [0.25, 0.3) is 0 Å². The van der Waals surface area contributed by atoms with Gasteiger partial charge in [0.2, 0.25) is 21.8 Å². The molecule has 0 radical (unpaired) electrons. The lowest BCUT2D eigenvalue weighted by atomic mass is 10.1. The van der Waals surface area contributed by atoms with Crippen LogP contribution in [0.15, 0.2) is 23.1 Å². The van der Waals surface area contributed by atoms with Crippen LogP contribution in [0.1, 0.15) is 35.2 Å². The fraction of sp³-hybridized carbons (Fsp3) is 0.467. The van der Waals surface area contributed by atoms with E-state index in [-0.39, 0.29) is 22.9 Å². The van der Waals surface area contributed by atoms with Crippen LogP contribution in [0.4, 0.5) is 0 Å². The molecule has 0 aliphatic carbocycles. The number of likely N-dealkylation sites (tertiary alicyclic amines) is 1. The molecular formula is C15H21N3O4S. The van der Waals surface area contributed by atoms with E-state index in [9.17, 15) is 18.0 Å². The molecule has 1 fully saturated rings. The van der Waals surface area contributed by atoms with Gasteiger partial charge in [-0.1, -0.05) is 6.07 Å². The number of primary amides is 1. The Labute approximate surface area is 135 Å². The first-order valence-electron chi connectivity index (χ1n) is 7.49. The molecule has 1 heterocycles. The summed E-state index contributed by atoms with van der Waals surface area (Å²) in [6.45, 7) is 2.71. The third-order valence-electron chi connectivity index (χ3n) is 3.91. The van der Waals surface area contributed by atoms with Crippen molar-refractivity contribution in [2.75, 3.05) is 19.6 Å². The topological polar surface area (TPSA) is 110 Å². The van der Waals surface area contributed by atoms with Crippen molar-refractivity contribution < 1.29 is 18.0 Å². The van der Waals surface area contributed by atoms with Crippen molar-refractivity contribution in [1.82, 2.24) is 9.62 Å². The number of rotatable bonds is 5. The molecule has 7 nitrogen and oxygen atoms in total. The van der Waals surface area contributed by atoms with Crippen LogP contribution in [0.3, 0.4) is 0 Å². The standard InChI is InChI=1S/C15H21N3O4S/c1-11-5-6-12(9-13(11)15(16)20)23(21,22)17-10-14(19)18-7-3-2-4-8-18/h5-6,9,17H,2-4,7-8,10H2,1H3,(H2,16,20). The van der Waals surface area contributed by atoms with Crippen molar-refractivity contribution in [3.05, 3.63) is 29.3 Å². The minimum atomic E-state index is -3.87. The van der Waals surface area contributed by atoms with E-state index in [0.29, 0.717) is 18.7 Å². The molecule has 0 atom stereocenters. The van der Waals surface area contributed by atoms with Gasteiger partial charge in [0.1, 0.15) is 0 Å². The molecule has 1 aliphatic heterocycles. The van der Waals surface area contributed by atoms with E-state index in [1.807, 2.05) is 0 Å². The number of nitrogens with one attached hydrogen (secondary N) is 1. The fourth-order valence-electron chi connectivity index (χ4n) is 2.53. The number of nitrogens with zero attached hydrogens (tertiary/aromatic N) is 1. The number of benzene rings is 1. The van der Waals surface area contributed by atoms with Gasteiger partial charge in [0.15, 0.2) is 0 Å². The number of hydrogen-bond acceptors (Lipinski definition) is 4. The van der Waals surface area contributed by atoms with Crippen molar-refractivity contribution in [2.24, 2.45) is 5.73 Å². The van der Waals surface area contributed by atoms with Crippen molar-refractivity contribution in [3.8, 4) is 0 Å². The van der Waals surface area contributed by atoms with Crippen LogP contribution >= 0.6 is 0 Å². The molecule has 2 rings (SSSR count). The van der Waals surface area contributed by atoms with E-state index in [1.54, 1.807) is 11.8 Å². The molecule has 1 aromatic carbocycles. The summed E-state index contributed by atoms with van der Waals surface area (Å²) in [6, 6.07) is 4.13. The molecule has 0 unspecified atom stereocenters. The van der Waals surface area contributed by atoms with E-state index < -0.39 is 15.9 Å². The Bertz CT molecular complexity index is 709. The number of hydrogen-bond donors (Lipinski definition) is 2. The largest absolute Gasteiger partial charge is 0.366 e. The summed E-state index contributed by atoms with van der Waals surface area (Å²) in [5.41, 5.74) is 5.98. The van der Waals surface area contributed by atoms with Gasteiger partial charge in [0.25, 0.3) is 0 Å². The quantitative estimate of drug-likeness (QED) is 0.808. The van der Waals surface area contributed by atoms with Crippen LogP contribution in [-0.2, 0) is 14.8 Å². The lowest BCUT2D eigenvalue weighted by Crippen LogP contribution is -2.42. The molecule has 2 amide bonds. The van der Waals surface area contributed by atoms with Gasteiger partial charge in [-0.2, -0.15) is 0 Å². The van der Waals surface area contributed by atoms with E-state index in [0.717, 1.165) is 19.3 Å². The van der Waals surface area contributed by atoms with Crippen LogP contribution in [0, 0.1) is 6.92 Å². The second-order valence-corrected chi connectivity index (χ2v) is 7.37. The zero-order chi connectivity index (χ0) is 17.0. The maximum Gasteiger partial charge on any atom is 0.249 e. The van der Waals surface area contributed by atoms with E-state index in [4.69, 9.17) is 5.73 Å². The minimum Gasteiger partial charge on any atom is -0.366 e. The van der Waals surface area contributed by atoms with Gasteiger partial charge in [-0.05, 0) is 43.9 Å². The first kappa shape index (κ1) is 17.4. The third kappa shape index (κ3) is 4.29. The highest BCUT2D eigenvalue weighted by Crippen LogP contribution is 2.15. The normalized spacial score (nSPS) is 15.4. The monoisotopic (exact) mass is 339 g/mol. The summed E-state index contributed by atoms with van der Waals surface area (Å²) < 4.78 is 26.8. The zero-order valence-electron chi connectivity index (χ0n) is 13.0. The summed E-state index contributed by atoms with van der Waals surface area (Å²) in [5, 5.41) is 0. The number of amides is 2. The summed E-state index contributed by atoms with van der Waals surface area (Å²) in [7, 11) is -3.87. The van der Waals surface area contributed by atoms with Crippen LogP contribution in [-0.4, -0.2) is 44.8 Å². The number of sulfonamides is 1. The minimum absolute atomic E-state index is 0.0802. The number of nitrogens with two attached hydrogens (primary N) is 1. The highest BCUT2D eigenvalue weighted by atomic mass is 32.2. The predicted octanol–water partition coefficient (Wildman–Crippen LogP) is 0.385. The van der Waals surface area contributed by atoms with Gasteiger partial charge >= 0.3 is 0 Å². The summed E-state index contributed by atoms with van der Waals surface area (Å²) in [5.74, 6) is -0.931. The molecule has 1 saturated heterocycles. The number of aryl methyl sites for hydroxylation is 1. The zero-order valence-corrected chi connectivity index (χ0v) is 13.9. The third-order valence-corrected chi connectivity index (χ3v) is 5.31. The molecule has 0 aromatic heterocycles. The molecule has 1 aliphatic rings. The molecule has 126 valence electrons. The molecule has 0 bridgehead atoms. The number of carbonyl (C=O) groups excluding carboxylic acids is 2. The second kappa shape index (κ2) is 7.10. The van der Waals surface area contributed by atoms with Gasteiger partial charge in [0.05, 0.1) is 11.4 Å². The van der Waals surface area contributed by atoms with Gasteiger partial charge in [0, 0.05) is 18.7 Å². The van der Waals surface area contributed by atoms with E-state index in [2.05, 4.69) is 4.72 Å². The maximum absolute atomic E-state index is 12.3. The fourth-order valence-corrected chi connectivity index (χ4v) is 3.53. The predicted molar refractivity (Wildman–Crippen MR) is 85.3 cm³/mol. The molecule has 8 heteroatoms. The smallest absolute Gasteiger partial charge is 0.249 e. The van der Waals surface area contributed by atoms with E-state index >= 15 is 0 Å². The number of piperidine rings is 1. The molecule has 3 N–H and O–H groups in total. The van der Waals surface area contributed by atoms with Gasteiger partial charge in [-0.3, -0.25) is 9.59 Å². The molecule has 0 spiro atoms. The van der Waals surface area contributed by atoms with Gasteiger partial charge in [-0.15, -0.1) is 0 Å². The second-order valence-electron chi connectivity index (χ2n) is 5.61. The van der Waals surface area contributed by atoms with E-state index in [1.165, 1.54) is 18.2 Å². The molecule has 1 aromatic rings. The lowest BCUT2D eigenvalue weighted by Gasteiger charge is -2.26. The maximum atomic E-state index is 12.3. The first-order chi connectivity index (χ1) is 10.8. The lowest BCUT2D eigenvalue weighted by molar-refractivity contribution is -0.130. The molecular weight excluding hydrogens is 318 g/mol. The Morgan fingerprint density at radius 2 is 1.87 bits per heavy atom. The Balaban J connectivity index is 2.08. The van der Waals surface area contributed by atoms with Crippen molar-refractivity contribution >= 4 is 21.8 Å². The Morgan fingerprint density at radius 3 is 2.48 bits per heavy atom. The Morgan fingerprint density at radius 1 is 1.22 bits per heavy atom. The summed E-state index contributed by atoms with van der Waals surface area (Å²) in [4.78, 5) is 24.9. The first-order valence-corrected chi connectivity index (χ1v) is 8.97. The highest BCUT2D eigenvalue weighted by molar-refractivity contribution is 7.89. The van der Waals surface area contributed by atoms with Gasteiger partial charge in [-0.25, -0.2) is 13.1 Å². The van der Waals surface area contributed by atoms with Crippen LogP contribution < -0.4 is 10.5 Å². The van der Waals surface area contributed by atoms with Gasteiger partial charge < -0.3 is 10.6 Å². The van der Waals surface area contributed by atoms with Crippen molar-refractivity contribution in [2.45, 2.75) is 31.1 Å². The van der Waals surface area contributed by atoms with Crippen molar-refractivity contribution in [3.63, 3.8) is 0 Å². The average molecular weight is 339 g/mol. The SMILES string of the molecule is Cc1ccc(S(=O)(=O)NCC(=O)N2CCCCC2)cc1C(N)=O. The summed E-state index contributed by atoms with van der Waals surface area (Å²) >= 11 is 0. The van der Waals surface area contributed by atoms with Crippen molar-refractivity contribution in [1.29, 1.82) is 0 Å². The Hall–Kier alpha value is -1.93. The summed E-state index contributed by atoms with van der Waals surface area (Å²) in [6.07, 6.45) is 2.98. The average Bonchev–Trinajstić information content (AvgIpc) is 2.53. The molecule has 23 heavy (non-hydrogen) atoms. The van der Waals surface area contributed by atoms with Crippen LogP contribution in [0.5, 0.6) is 0 Å². The molecule has 0 saturated carbocycles. The van der Waals surface area contributed by atoms with Crippen LogP contribution in [0.2, 0.25) is 0 Å². The Kier molecular flexibility index (Phi) is 5.38. The highest BCUT2D eigenvalue weighted by Gasteiger charge is 2.21. The number of carbonyl (C=O) groups is 2.